The Kier molecular flexibility index (Phi) is 10.3. The molecule has 1 heterocycles. The fourth-order valence-electron chi connectivity index (χ4n) is 4.38. The Hall–Kier alpha value is -2.72. The van der Waals surface area contributed by atoms with Crippen molar-refractivity contribution in [3.05, 3.63) is 65.7 Å². The van der Waals surface area contributed by atoms with Crippen LogP contribution in [0.25, 0.3) is 0 Å². The predicted molar refractivity (Wildman–Crippen MR) is 152 cm³/mol. The highest BCUT2D eigenvalue weighted by Crippen LogP contribution is 2.42. The normalized spacial score (nSPS) is 21.5. The molecule has 0 aliphatic carbocycles. The molecule has 1 aliphatic heterocycles. The number of carbonyl (C=O) groups is 2. The fraction of sp³-hybridized carbons (Fsp3) is 0.533. The van der Waals surface area contributed by atoms with E-state index in [9.17, 15) is 9.59 Å². The lowest BCUT2D eigenvalue weighted by atomic mass is 9.88. The van der Waals surface area contributed by atoms with E-state index in [0.29, 0.717) is 19.6 Å². The van der Waals surface area contributed by atoms with Gasteiger partial charge >= 0.3 is 5.97 Å². The zero-order valence-corrected chi connectivity index (χ0v) is 25.2. The zero-order valence-electron chi connectivity index (χ0n) is 24.2. The first-order chi connectivity index (χ1) is 18.4. The minimum Gasteiger partial charge on any atom is -0.497 e. The van der Waals surface area contributed by atoms with Crippen molar-refractivity contribution in [2.75, 3.05) is 27.4 Å². The summed E-state index contributed by atoms with van der Waals surface area (Å²) < 4.78 is 29.2. The second-order valence-corrected chi connectivity index (χ2v) is 16.3. The molecule has 2 aromatic rings. The second kappa shape index (κ2) is 13.1. The highest BCUT2D eigenvalue weighted by atomic mass is 28.4. The van der Waals surface area contributed by atoms with Gasteiger partial charge in [-0.15, -0.1) is 0 Å². The monoisotopic (exact) mass is 557 g/mol. The Bertz CT molecular complexity index is 1080. The van der Waals surface area contributed by atoms with Gasteiger partial charge in [0.1, 0.15) is 5.75 Å². The lowest BCUT2D eigenvalue weighted by Crippen LogP contribution is -2.63. The van der Waals surface area contributed by atoms with E-state index in [0.717, 1.165) is 16.9 Å². The van der Waals surface area contributed by atoms with E-state index in [1.807, 2.05) is 54.6 Å². The molecular formula is C30H43NO7Si. The fourth-order valence-corrected chi connectivity index (χ4v) is 5.73. The zero-order chi connectivity index (χ0) is 28.7. The highest BCUT2D eigenvalue weighted by Gasteiger charge is 2.61. The molecule has 0 aromatic heterocycles. The average Bonchev–Trinajstić information content (AvgIpc) is 3.16. The van der Waals surface area contributed by atoms with Crippen molar-refractivity contribution >= 4 is 20.2 Å². The van der Waals surface area contributed by atoms with E-state index in [-0.39, 0.29) is 24.2 Å². The van der Waals surface area contributed by atoms with E-state index in [1.54, 1.807) is 7.11 Å². The van der Waals surface area contributed by atoms with Gasteiger partial charge in [-0.1, -0.05) is 63.2 Å². The van der Waals surface area contributed by atoms with Crippen LogP contribution in [-0.2, 0) is 41.4 Å². The van der Waals surface area contributed by atoms with Gasteiger partial charge in [-0.3, -0.25) is 4.79 Å². The first kappa shape index (κ1) is 30.8. The van der Waals surface area contributed by atoms with Gasteiger partial charge in [-0.2, -0.15) is 0 Å². The van der Waals surface area contributed by atoms with Crippen molar-refractivity contribution in [2.45, 2.75) is 70.2 Å². The summed E-state index contributed by atoms with van der Waals surface area (Å²) >= 11 is 0. The Morgan fingerprint density at radius 3 is 2.15 bits per heavy atom. The van der Waals surface area contributed by atoms with Crippen LogP contribution in [0.5, 0.6) is 5.75 Å². The Balaban J connectivity index is 1.80. The summed E-state index contributed by atoms with van der Waals surface area (Å²) in [5.74, 6) is -0.662. The van der Waals surface area contributed by atoms with Crippen LogP contribution in [0.4, 0.5) is 0 Å². The summed E-state index contributed by atoms with van der Waals surface area (Å²) in [6, 6.07) is 17.3. The van der Waals surface area contributed by atoms with Crippen molar-refractivity contribution in [1.29, 1.82) is 0 Å². The number of amides is 1. The van der Waals surface area contributed by atoms with Crippen LogP contribution in [0.1, 0.15) is 38.3 Å². The number of hydrogen-bond acceptors (Lipinski definition) is 7. The quantitative estimate of drug-likeness (QED) is 0.213. The molecule has 0 spiro atoms. The molecule has 0 saturated carbocycles. The molecule has 1 N–H and O–H groups in total. The van der Waals surface area contributed by atoms with E-state index in [4.69, 9.17) is 23.4 Å². The molecule has 3 atom stereocenters. The van der Waals surface area contributed by atoms with Gasteiger partial charge in [0.05, 0.1) is 46.1 Å². The molecule has 1 fully saturated rings. The van der Waals surface area contributed by atoms with Crippen molar-refractivity contribution in [1.82, 2.24) is 5.32 Å². The third kappa shape index (κ3) is 7.48. The van der Waals surface area contributed by atoms with Gasteiger partial charge < -0.3 is 28.7 Å². The van der Waals surface area contributed by atoms with Crippen LogP contribution in [0.15, 0.2) is 54.6 Å². The lowest BCUT2D eigenvalue weighted by molar-refractivity contribution is -0.156. The topological polar surface area (TPSA) is 92.3 Å². The number of carbonyl (C=O) groups excluding carboxylic acids is 2. The molecule has 0 bridgehead atoms. The van der Waals surface area contributed by atoms with Gasteiger partial charge in [0.2, 0.25) is 5.91 Å². The number of esters is 1. The highest BCUT2D eigenvalue weighted by molar-refractivity contribution is 6.74. The van der Waals surface area contributed by atoms with Crippen LogP contribution in [-0.4, -0.2) is 59.3 Å². The average molecular weight is 558 g/mol. The van der Waals surface area contributed by atoms with Crippen molar-refractivity contribution < 1.29 is 33.0 Å². The number of nitrogens with one attached hydrogen (secondary N) is 1. The Morgan fingerprint density at radius 2 is 1.56 bits per heavy atom. The molecule has 0 radical (unpaired) electrons. The standard InChI is InChI=1S/C30H43NO7Si/c1-29(2,3)39(6,7)38-26-25(17-18-36-19-23-13-15-24(34-4)16-14-23)27(32)31-30(26,28(33)35-5)21-37-20-22-11-9-8-10-12-22/h8-16,25-26H,17-21H2,1-7H3,(H,31,32)/t25-,26+,30-/m1/s1. The molecule has 214 valence electrons. The summed E-state index contributed by atoms with van der Waals surface area (Å²) in [6.45, 7) is 11.5. The van der Waals surface area contributed by atoms with Crippen LogP contribution in [0.2, 0.25) is 18.1 Å². The molecule has 1 saturated heterocycles. The number of benzene rings is 2. The second-order valence-electron chi connectivity index (χ2n) is 11.5. The number of rotatable bonds is 13. The largest absolute Gasteiger partial charge is 0.497 e. The van der Waals surface area contributed by atoms with Crippen molar-refractivity contribution in [2.24, 2.45) is 5.92 Å². The third-order valence-electron chi connectivity index (χ3n) is 7.75. The maximum atomic E-state index is 13.4. The maximum Gasteiger partial charge on any atom is 0.336 e. The van der Waals surface area contributed by atoms with Crippen LogP contribution in [0.3, 0.4) is 0 Å². The summed E-state index contributed by atoms with van der Waals surface area (Å²) in [5.41, 5.74) is 0.503. The Labute approximate surface area is 233 Å². The lowest BCUT2D eigenvalue weighted by Gasteiger charge is -2.43. The van der Waals surface area contributed by atoms with Crippen molar-refractivity contribution in [3.8, 4) is 5.75 Å². The molecule has 1 amide bonds. The summed E-state index contributed by atoms with van der Waals surface area (Å²) in [4.78, 5) is 26.8. The van der Waals surface area contributed by atoms with Crippen LogP contribution in [0, 0.1) is 5.92 Å². The molecule has 0 unspecified atom stereocenters. The minimum atomic E-state index is -2.41. The smallest absolute Gasteiger partial charge is 0.336 e. The van der Waals surface area contributed by atoms with E-state index in [1.165, 1.54) is 7.11 Å². The Morgan fingerprint density at radius 1 is 0.949 bits per heavy atom. The van der Waals surface area contributed by atoms with Crippen LogP contribution < -0.4 is 10.1 Å². The molecular weight excluding hydrogens is 514 g/mol. The summed E-state index contributed by atoms with van der Waals surface area (Å²) in [7, 11) is 0.539. The summed E-state index contributed by atoms with van der Waals surface area (Å²) in [6.07, 6.45) is -0.377. The van der Waals surface area contributed by atoms with E-state index in [2.05, 4.69) is 39.2 Å². The SMILES string of the molecule is COC(=O)[C@]1(COCc2ccccc2)NC(=O)[C@H](CCOCc2ccc(OC)cc2)[C@@H]1O[Si](C)(C)C(C)(C)C. The molecule has 1 aliphatic rings. The maximum absolute atomic E-state index is 13.4. The molecule has 2 aromatic carbocycles. The van der Waals surface area contributed by atoms with Gasteiger partial charge in [-0.25, -0.2) is 4.79 Å². The number of methoxy groups -OCH3 is 2. The summed E-state index contributed by atoms with van der Waals surface area (Å²) in [5, 5.41) is 2.80. The third-order valence-corrected chi connectivity index (χ3v) is 12.2. The van der Waals surface area contributed by atoms with Crippen molar-refractivity contribution in [3.63, 3.8) is 0 Å². The first-order valence-electron chi connectivity index (χ1n) is 13.3. The van der Waals surface area contributed by atoms with Gasteiger partial charge in [-0.05, 0) is 47.8 Å². The molecule has 3 rings (SSSR count). The number of hydrogen-bond donors (Lipinski definition) is 1. The molecule has 8 nitrogen and oxygen atoms in total. The molecule has 39 heavy (non-hydrogen) atoms. The first-order valence-corrected chi connectivity index (χ1v) is 16.2. The minimum absolute atomic E-state index is 0.0667. The van der Waals surface area contributed by atoms with Gasteiger partial charge in [0.15, 0.2) is 13.9 Å². The van der Waals surface area contributed by atoms with Gasteiger partial charge in [0.25, 0.3) is 0 Å². The van der Waals surface area contributed by atoms with E-state index < -0.39 is 31.8 Å². The van der Waals surface area contributed by atoms with Gasteiger partial charge in [0, 0.05) is 6.61 Å². The van der Waals surface area contributed by atoms with E-state index >= 15 is 0 Å². The predicted octanol–water partition coefficient (Wildman–Crippen LogP) is 4.87. The number of ether oxygens (including phenoxy) is 4. The molecule has 9 heteroatoms. The van der Waals surface area contributed by atoms with Crippen LogP contribution >= 0.6 is 0 Å².